The van der Waals surface area contributed by atoms with E-state index in [9.17, 15) is 0 Å². The molecular formula is C16H21Cl. The smallest absolute Gasteiger partial charge is 0.0478 e. The molecule has 0 saturated heterocycles. The van der Waals surface area contributed by atoms with Crippen LogP contribution in [0.1, 0.15) is 45.1 Å². The maximum atomic E-state index is 6.18. The highest BCUT2D eigenvalue weighted by Crippen LogP contribution is 2.34. The SMILES string of the molecule is CC(C)C1CCC(=Cc2ccccc2Cl)CC1. The third-order valence-electron chi connectivity index (χ3n) is 3.88. The number of rotatable bonds is 2. The van der Waals surface area contributed by atoms with Crippen molar-refractivity contribution in [3.05, 3.63) is 40.4 Å². The number of benzene rings is 1. The Hall–Kier alpha value is -0.750. The van der Waals surface area contributed by atoms with Crippen LogP contribution in [0.3, 0.4) is 0 Å². The van der Waals surface area contributed by atoms with E-state index in [1.54, 1.807) is 5.57 Å². The summed E-state index contributed by atoms with van der Waals surface area (Å²) < 4.78 is 0. The van der Waals surface area contributed by atoms with Gasteiger partial charge in [-0.25, -0.2) is 0 Å². The minimum Gasteiger partial charge on any atom is -0.0837 e. The van der Waals surface area contributed by atoms with Gasteiger partial charge in [-0.15, -0.1) is 0 Å². The quantitative estimate of drug-likeness (QED) is 0.642. The lowest BCUT2D eigenvalue weighted by Gasteiger charge is -2.27. The molecule has 1 aromatic carbocycles. The van der Waals surface area contributed by atoms with Gasteiger partial charge in [0.15, 0.2) is 0 Å². The molecule has 0 bridgehead atoms. The molecular weight excluding hydrogens is 228 g/mol. The molecule has 1 aromatic rings. The van der Waals surface area contributed by atoms with Crippen molar-refractivity contribution >= 4 is 17.7 Å². The van der Waals surface area contributed by atoms with E-state index in [1.807, 2.05) is 12.1 Å². The molecule has 0 aliphatic heterocycles. The zero-order valence-corrected chi connectivity index (χ0v) is 11.5. The van der Waals surface area contributed by atoms with E-state index in [0.717, 1.165) is 16.9 Å². The van der Waals surface area contributed by atoms with E-state index in [4.69, 9.17) is 11.6 Å². The van der Waals surface area contributed by atoms with Crippen LogP contribution in [-0.2, 0) is 0 Å². The molecule has 0 aromatic heterocycles. The summed E-state index contributed by atoms with van der Waals surface area (Å²) in [5, 5.41) is 0.867. The van der Waals surface area contributed by atoms with Gasteiger partial charge in [0.2, 0.25) is 0 Å². The van der Waals surface area contributed by atoms with E-state index in [1.165, 1.54) is 31.2 Å². The molecule has 92 valence electrons. The van der Waals surface area contributed by atoms with Gasteiger partial charge in [0, 0.05) is 5.02 Å². The molecule has 17 heavy (non-hydrogen) atoms. The second kappa shape index (κ2) is 5.73. The second-order valence-electron chi connectivity index (χ2n) is 5.41. The van der Waals surface area contributed by atoms with Crippen molar-refractivity contribution in [2.45, 2.75) is 39.5 Å². The van der Waals surface area contributed by atoms with E-state index < -0.39 is 0 Å². The summed E-state index contributed by atoms with van der Waals surface area (Å²) in [6, 6.07) is 8.11. The van der Waals surface area contributed by atoms with Crippen LogP contribution in [-0.4, -0.2) is 0 Å². The van der Waals surface area contributed by atoms with E-state index in [0.29, 0.717) is 0 Å². The Morgan fingerprint density at radius 2 is 1.82 bits per heavy atom. The van der Waals surface area contributed by atoms with Crippen LogP contribution >= 0.6 is 11.6 Å². The summed E-state index contributed by atoms with van der Waals surface area (Å²) in [5.74, 6) is 1.75. The van der Waals surface area contributed by atoms with Crippen molar-refractivity contribution in [2.75, 3.05) is 0 Å². The van der Waals surface area contributed by atoms with Crippen LogP contribution in [0.2, 0.25) is 5.02 Å². The van der Waals surface area contributed by atoms with Crippen molar-refractivity contribution in [3.8, 4) is 0 Å². The zero-order valence-electron chi connectivity index (χ0n) is 10.7. The highest BCUT2D eigenvalue weighted by Gasteiger charge is 2.19. The Balaban J connectivity index is 2.04. The Morgan fingerprint density at radius 1 is 1.18 bits per heavy atom. The number of allylic oxidation sites excluding steroid dienone is 1. The molecule has 0 spiro atoms. The van der Waals surface area contributed by atoms with E-state index >= 15 is 0 Å². The van der Waals surface area contributed by atoms with Gasteiger partial charge in [0.05, 0.1) is 0 Å². The van der Waals surface area contributed by atoms with Crippen LogP contribution in [0.15, 0.2) is 29.8 Å². The maximum absolute atomic E-state index is 6.18. The molecule has 0 atom stereocenters. The monoisotopic (exact) mass is 248 g/mol. The topological polar surface area (TPSA) is 0 Å². The van der Waals surface area contributed by atoms with Gasteiger partial charge in [-0.2, -0.15) is 0 Å². The highest BCUT2D eigenvalue weighted by atomic mass is 35.5. The van der Waals surface area contributed by atoms with Crippen molar-refractivity contribution in [1.82, 2.24) is 0 Å². The summed E-state index contributed by atoms with van der Waals surface area (Å²) in [4.78, 5) is 0. The molecule has 0 radical (unpaired) electrons. The van der Waals surface area contributed by atoms with Gasteiger partial charge < -0.3 is 0 Å². The third kappa shape index (κ3) is 3.35. The molecule has 1 aliphatic rings. The molecule has 1 saturated carbocycles. The van der Waals surface area contributed by atoms with E-state index in [-0.39, 0.29) is 0 Å². The normalized spacial score (nSPS) is 20.7. The molecule has 0 unspecified atom stereocenters. The molecule has 1 aliphatic carbocycles. The third-order valence-corrected chi connectivity index (χ3v) is 4.22. The Bertz CT molecular complexity index is 394. The van der Waals surface area contributed by atoms with Crippen LogP contribution in [0, 0.1) is 11.8 Å². The van der Waals surface area contributed by atoms with E-state index in [2.05, 4.69) is 32.1 Å². The first-order valence-electron chi connectivity index (χ1n) is 6.61. The summed E-state index contributed by atoms with van der Waals surface area (Å²) in [7, 11) is 0. The van der Waals surface area contributed by atoms with Crippen LogP contribution in [0.4, 0.5) is 0 Å². The Morgan fingerprint density at radius 3 is 2.41 bits per heavy atom. The Labute approximate surface area is 110 Å². The van der Waals surface area contributed by atoms with Gasteiger partial charge in [0.1, 0.15) is 0 Å². The molecule has 0 N–H and O–H groups in total. The molecule has 0 amide bonds. The lowest BCUT2D eigenvalue weighted by atomic mass is 9.79. The summed E-state index contributed by atoms with van der Waals surface area (Å²) in [5.41, 5.74) is 2.74. The summed E-state index contributed by atoms with van der Waals surface area (Å²) in [6.45, 7) is 4.68. The van der Waals surface area contributed by atoms with Gasteiger partial charge in [-0.1, -0.05) is 55.3 Å². The fourth-order valence-corrected chi connectivity index (χ4v) is 2.82. The fourth-order valence-electron chi connectivity index (χ4n) is 2.63. The summed E-state index contributed by atoms with van der Waals surface area (Å²) >= 11 is 6.18. The first kappa shape index (κ1) is 12.7. The lowest BCUT2D eigenvalue weighted by molar-refractivity contribution is 0.312. The minimum absolute atomic E-state index is 0.830. The highest BCUT2D eigenvalue weighted by molar-refractivity contribution is 6.32. The standard InChI is InChI=1S/C16H21Cl/c1-12(2)14-9-7-13(8-10-14)11-15-5-3-4-6-16(15)17/h3-6,11-12,14H,7-10H2,1-2H3. The number of hydrogen-bond donors (Lipinski definition) is 0. The molecule has 0 nitrogen and oxygen atoms in total. The molecule has 0 heterocycles. The van der Waals surface area contributed by atoms with Gasteiger partial charge in [0.25, 0.3) is 0 Å². The summed E-state index contributed by atoms with van der Waals surface area (Å²) in [6.07, 6.45) is 7.46. The van der Waals surface area contributed by atoms with Crippen LogP contribution in [0.25, 0.3) is 6.08 Å². The number of hydrogen-bond acceptors (Lipinski definition) is 0. The maximum Gasteiger partial charge on any atom is 0.0478 e. The van der Waals surface area contributed by atoms with Crippen molar-refractivity contribution in [1.29, 1.82) is 0 Å². The zero-order chi connectivity index (χ0) is 12.3. The lowest BCUT2D eigenvalue weighted by Crippen LogP contribution is -2.13. The first-order valence-corrected chi connectivity index (χ1v) is 6.98. The number of halogens is 1. The predicted molar refractivity (Wildman–Crippen MR) is 76.2 cm³/mol. The molecule has 2 rings (SSSR count). The molecule has 1 fully saturated rings. The van der Waals surface area contributed by atoms with Crippen molar-refractivity contribution < 1.29 is 0 Å². The van der Waals surface area contributed by atoms with Gasteiger partial charge in [-0.3, -0.25) is 0 Å². The minimum atomic E-state index is 0.830. The largest absolute Gasteiger partial charge is 0.0837 e. The van der Waals surface area contributed by atoms with Crippen LogP contribution < -0.4 is 0 Å². The first-order chi connectivity index (χ1) is 8.16. The predicted octanol–water partition coefficient (Wildman–Crippen LogP) is 5.57. The average molecular weight is 249 g/mol. The van der Waals surface area contributed by atoms with Gasteiger partial charge in [-0.05, 0) is 49.1 Å². The van der Waals surface area contributed by atoms with Crippen LogP contribution in [0.5, 0.6) is 0 Å². The average Bonchev–Trinajstić information content (AvgIpc) is 2.33. The van der Waals surface area contributed by atoms with Crippen molar-refractivity contribution in [3.63, 3.8) is 0 Å². The Kier molecular flexibility index (Phi) is 4.28. The fraction of sp³-hybridized carbons (Fsp3) is 0.500. The van der Waals surface area contributed by atoms with Crippen molar-refractivity contribution in [2.24, 2.45) is 11.8 Å². The van der Waals surface area contributed by atoms with Gasteiger partial charge >= 0.3 is 0 Å². The second-order valence-corrected chi connectivity index (χ2v) is 5.81. The molecule has 1 heteroatoms.